The Kier molecular flexibility index (Phi) is 55.3. The summed E-state index contributed by atoms with van der Waals surface area (Å²) >= 11 is 0. The zero-order chi connectivity index (χ0) is 53.1. The van der Waals surface area contributed by atoms with Gasteiger partial charge in [-0.3, -0.25) is 18.6 Å². The van der Waals surface area contributed by atoms with Crippen molar-refractivity contribution in [1.82, 2.24) is 0 Å². The van der Waals surface area contributed by atoms with Crippen LogP contribution >= 0.6 is 7.82 Å². The molecule has 418 valence electrons. The van der Waals surface area contributed by atoms with Gasteiger partial charge in [-0.15, -0.1) is 0 Å². The SMILES string of the molecule is CC/C=C\C/C=C\C/C=C\C/C=C\C/C=C\C/C=C\C/C=C\C/C=C\C/C=C\CCCCCCCCCC(=O)OC(COC(=O)CCCCCCCCCCCCCCCCCCC)COP(=O)(O)OCCN. The van der Waals surface area contributed by atoms with Crippen molar-refractivity contribution >= 4 is 19.8 Å². The van der Waals surface area contributed by atoms with Crippen LogP contribution in [0.4, 0.5) is 0 Å². The van der Waals surface area contributed by atoms with Gasteiger partial charge in [0.1, 0.15) is 6.61 Å². The Balaban J connectivity index is 4.02. The van der Waals surface area contributed by atoms with E-state index >= 15 is 0 Å². The molecule has 9 nitrogen and oxygen atoms in total. The highest BCUT2D eigenvalue weighted by Crippen LogP contribution is 2.43. The number of esters is 2. The summed E-state index contributed by atoms with van der Waals surface area (Å²) in [5, 5.41) is 0. The number of ether oxygens (including phenoxy) is 2. The molecule has 0 fully saturated rings. The van der Waals surface area contributed by atoms with Crippen LogP contribution in [0.15, 0.2) is 109 Å². The first-order chi connectivity index (χ1) is 35.8. The fourth-order valence-electron chi connectivity index (χ4n) is 7.86. The molecule has 0 radical (unpaired) electrons. The van der Waals surface area contributed by atoms with Crippen LogP contribution in [-0.2, 0) is 32.7 Å². The second-order valence-electron chi connectivity index (χ2n) is 19.1. The molecule has 0 saturated carbocycles. The average Bonchev–Trinajstić information content (AvgIpc) is 3.38. The van der Waals surface area contributed by atoms with E-state index in [9.17, 15) is 19.0 Å². The Morgan fingerprint density at radius 2 is 0.753 bits per heavy atom. The van der Waals surface area contributed by atoms with Gasteiger partial charge in [0.2, 0.25) is 0 Å². The predicted octanol–water partition coefficient (Wildman–Crippen LogP) is 18.6. The van der Waals surface area contributed by atoms with Crippen LogP contribution in [0.2, 0.25) is 0 Å². The van der Waals surface area contributed by atoms with Gasteiger partial charge in [-0.05, 0) is 83.5 Å². The molecule has 0 aliphatic carbocycles. The molecule has 0 spiro atoms. The first-order valence-electron chi connectivity index (χ1n) is 29.4. The van der Waals surface area contributed by atoms with Gasteiger partial charge in [-0.25, -0.2) is 4.57 Å². The van der Waals surface area contributed by atoms with Crippen LogP contribution in [0, 0.1) is 0 Å². The Labute approximate surface area is 448 Å². The summed E-state index contributed by atoms with van der Waals surface area (Å²) in [6, 6.07) is 0. The van der Waals surface area contributed by atoms with Gasteiger partial charge in [0.15, 0.2) is 6.10 Å². The lowest BCUT2D eigenvalue weighted by atomic mass is 10.0. The fourth-order valence-corrected chi connectivity index (χ4v) is 8.63. The van der Waals surface area contributed by atoms with Gasteiger partial charge in [-0.2, -0.15) is 0 Å². The van der Waals surface area contributed by atoms with E-state index in [2.05, 4.69) is 123 Å². The molecule has 73 heavy (non-hydrogen) atoms. The lowest BCUT2D eigenvalue weighted by molar-refractivity contribution is -0.161. The van der Waals surface area contributed by atoms with E-state index in [4.69, 9.17) is 24.3 Å². The molecular weight excluding hydrogens is 930 g/mol. The number of carbonyl (C=O) groups excluding carboxylic acids is 2. The van der Waals surface area contributed by atoms with Crippen LogP contribution in [0.25, 0.3) is 0 Å². The standard InChI is InChI=1S/C63H108NO8P/c1-3-5-7-9-11-13-15-17-19-21-22-23-24-25-26-27-28-29-30-31-32-33-34-35-36-37-38-40-42-44-46-48-50-52-54-56-63(66)72-61(60-71-73(67,68)70-58-57-64)59-69-62(65)55-53-51-49-47-45-43-41-39-20-18-16-14-12-10-8-6-4-2/h5,7,11,13,17,19,22-23,25-26,28-29,31-32,34-35,37-38,61H,3-4,6,8-10,12,14-16,18,20-21,24,27,30,33,36,39-60,64H2,1-2H3,(H,67,68)/b7-5-,13-11-,19-17-,23-22-,26-25-,29-28-,32-31-,35-34-,38-37-. The molecular formula is C63H108NO8P. The van der Waals surface area contributed by atoms with Crippen molar-refractivity contribution in [2.45, 2.75) is 251 Å². The molecule has 0 aliphatic heterocycles. The monoisotopic (exact) mass is 1040 g/mol. The summed E-state index contributed by atoms with van der Waals surface area (Å²) in [7, 11) is -4.39. The molecule has 2 unspecified atom stereocenters. The number of phosphoric acid groups is 1. The summed E-state index contributed by atoms with van der Waals surface area (Å²) in [4.78, 5) is 35.2. The van der Waals surface area contributed by atoms with Crippen LogP contribution in [0.1, 0.15) is 245 Å². The molecule has 2 atom stereocenters. The van der Waals surface area contributed by atoms with E-state index in [1.54, 1.807) is 0 Å². The Morgan fingerprint density at radius 3 is 1.12 bits per heavy atom. The van der Waals surface area contributed by atoms with Gasteiger partial charge in [-0.1, -0.05) is 258 Å². The van der Waals surface area contributed by atoms with Crippen molar-refractivity contribution in [1.29, 1.82) is 0 Å². The summed E-state index contributed by atoms with van der Waals surface area (Å²) in [5.74, 6) is -0.840. The molecule has 10 heteroatoms. The van der Waals surface area contributed by atoms with Crippen LogP contribution < -0.4 is 5.73 Å². The molecule has 3 N–H and O–H groups in total. The van der Waals surface area contributed by atoms with E-state index in [0.717, 1.165) is 103 Å². The van der Waals surface area contributed by atoms with Gasteiger partial charge < -0.3 is 20.1 Å². The summed E-state index contributed by atoms with van der Waals surface area (Å²) in [6.07, 6.45) is 78.5. The Hall–Kier alpha value is -3.33. The fraction of sp³-hybridized carbons (Fsp3) is 0.683. The second-order valence-corrected chi connectivity index (χ2v) is 20.6. The first-order valence-corrected chi connectivity index (χ1v) is 30.9. The zero-order valence-corrected chi connectivity index (χ0v) is 47.5. The first kappa shape index (κ1) is 69.7. The maximum atomic E-state index is 12.7. The van der Waals surface area contributed by atoms with E-state index < -0.39 is 26.5 Å². The highest BCUT2D eigenvalue weighted by molar-refractivity contribution is 7.47. The number of carbonyl (C=O) groups is 2. The third-order valence-corrected chi connectivity index (χ3v) is 13.2. The molecule has 0 rings (SSSR count). The smallest absolute Gasteiger partial charge is 0.462 e. The molecule has 0 aromatic heterocycles. The normalized spacial score (nSPS) is 13.9. The summed E-state index contributed by atoms with van der Waals surface area (Å²) in [6.45, 7) is 3.63. The van der Waals surface area contributed by atoms with Gasteiger partial charge >= 0.3 is 19.8 Å². The Bertz CT molecular complexity index is 1560. The van der Waals surface area contributed by atoms with Crippen LogP contribution in [-0.4, -0.2) is 49.3 Å². The van der Waals surface area contributed by atoms with Crippen molar-refractivity contribution in [3.63, 3.8) is 0 Å². The number of rotatable bonds is 54. The molecule has 0 saturated heterocycles. The minimum atomic E-state index is -4.39. The highest BCUT2D eigenvalue weighted by Gasteiger charge is 2.26. The van der Waals surface area contributed by atoms with Gasteiger partial charge in [0.25, 0.3) is 0 Å². The van der Waals surface area contributed by atoms with Crippen LogP contribution in [0.3, 0.4) is 0 Å². The number of nitrogens with two attached hydrogens (primary N) is 1. The highest BCUT2D eigenvalue weighted by atomic mass is 31.2. The maximum absolute atomic E-state index is 12.7. The van der Waals surface area contributed by atoms with Gasteiger partial charge in [0.05, 0.1) is 13.2 Å². The molecule has 0 amide bonds. The molecule has 0 aromatic carbocycles. The number of hydrogen-bond donors (Lipinski definition) is 2. The van der Waals surface area contributed by atoms with Crippen molar-refractivity contribution in [2.24, 2.45) is 5.73 Å². The number of allylic oxidation sites excluding steroid dienone is 18. The molecule has 0 aromatic rings. The van der Waals surface area contributed by atoms with Crippen LogP contribution in [0.5, 0.6) is 0 Å². The molecule has 0 heterocycles. The average molecular weight is 1040 g/mol. The number of hydrogen-bond acceptors (Lipinski definition) is 8. The zero-order valence-electron chi connectivity index (χ0n) is 46.6. The lowest BCUT2D eigenvalue weighted by Crippen LogP contribution is -2.29. The van der Waals surface area contributed by atoms with E-state index in [1.807, 2.05) is 0 Å². The summed E-state index contributed by atoms with van der Waals surface area (Å²) < 4.78 is 33.0. The van der Waals surface area contributed by atoms with Crippen molar-refractivity contribution in [3.05, 3.63) is 109 Å². The van der Waals surface area contributed by atoms with Crippen molar-refractivity contribution in [3.8, 4) is 0 Å². The minimum absolute atomic E-state index is 0.0475. The van der Waals surface area contributed by atoms with Gasteiger partial charge in [0, 0.05) is 19.4 Å². The second kappa shape index (κ2) is 57.9. The summed E-state index contributed by atoms with van der Waals surface area (Å²) in [5.41, 5.74) is 5.38. The van der Waals surface area contributed by atoms with Crippen molar-refractivity contribution < 1.29 is 37.6 Å². The third-order valence-electron chi connectivity index (χ3n) is 12.2. The largest absolute Gasteiger partial charge is 0.472 e. The predicted molar refractivity (Wildman–Crippen MR) is 311 cm³/mol. The third kappa shape index (κ3) is 57.8. The maximum Gasteiger partial charge on any atom is 0.472 e. The lowest BCUT2D eigenvalue weighted by Gasteiger charge is -2.19. The number of unbranched alkanes of at least 4 members (excludes halogenated alkanes) is 23. The van der Waals surface area contributed by atoms with E-state index in [-0.39, 0.29) is 38.6 Å². The Morgan fingerprint density at radius 1 is 0.425 bits per heavy atom. The number of phosphoric ester groups is 1. The topological polar surface area (TPSA) is 134 Å². The molecule has 0 aliphatic rings. The van der Waals surface area contributed by atoms with Crippen molar-refractivity contribution in [2.75, 3.05) is 26.4 Å². The molecule has 0 bridgehead atoms. The quantitative estimate of drug-likeness (QED) is 0.0264. The van der Waals surface area contributed by atoms with E-state index in [1.165, 1.54) is 109 Å². The van der Waals surface area contributed by atoms with E-state index in [0.29, 0.717) is 6.42 Å². The minimum Gasteiger partial charge on any atom is -0.462 e.